The van der Waals surface area contributed by atoms with Crippen molar-refractivity contribution in [1.29, 1.82) is 0 Å². The first-order valence-electron chi connectivity index (χ1n) is 13.5. The van der Waals surface area contributed by atoms with Gasteiger partial charge < -0.3 is 14.9 Å². The zero-order valence-corrected chi connectivity index (χ0v) is 26.3. The lowest BCUT2D eigenvalue weighted by Gasteiger charge is -2.50. The SMILES string of the molecule is COc1cc([C@H]2C3=CC[C@@H]4C(=O)N(CCCCCC(=O)O)C(=O)[C@@H]4[C@@H]3C[C@@]3(Cl)C(=O)N(CBr)C(=O)[C@@]23Cl)cc(Cl)c1O. The number of methoxy groups -OCH3 is 1. The number of imide groups is 2. The Morgan fingerprint density at radius 2 is 1.79 bits per heavy atom. The number of carbonyl (C=O) groups excluding carboxylic acids is 4. The number of aromatic hydroxyl groups is 1. The number of aliphatic carboxylic acids is 1. The molecule has 0 bridgehead atoms. The number of hydrogen-bond acceptors (Lipinski definition) is 7. The van der Waals surface area contributed by atoms with Crippen molar-refractivity contribution in [2.45, 2.75) is 54.2 Å². The number of allylic oxidation sites excluding steroid dienone is 2. The summed E-state index contributed by atoms with van der Waals surface area (Å²) < 4.78 is 5.30. The third-order valence-electron chi connectivity index (χ3n) is 8.98. The van der Waals surface area contributed by atoms with Crippen LogP contribution in [0.25, 0.3) is 0 Å². The van der Waals surface area contributed by atoms with Crippen LogP contribution in [0, 0.1) is 17.8 Å². The minimum atomic E-state index is -2.00. The number of phenols is 1. The number of rotatable bonds is 9. The summed E-state index contributed by atoms with van der Waals surface area (Å²) in [5.41, 5.74) is 0.796. The molecule has 0 radical (unpaired) electrons. The molecule has 1 saturated carbocycles. The lowest BCUT2D eigenvalue weighted by Crippen LogP contribution is -2.60. The van der Waals surface area contributed by atoms with E-state index >= 15 is 0 Å². The molecule has 2 aliphatic carbocycles. The number of benzene rings is 1. The van der Waals surface area contributed by atoms with E-state index in [4.69, 9.17) is 44.6 Å². The molecule has 5 rings (SSSR count). The first-order valence-corrected chi connectivity index (χ1v) is 15.7. The number of fused-ring (bicyclic) bond motifs is 4. The monoisotopic (exact) mass is 704 g/mol. The fourth-order valence-electron chi connectivity index (χ4n) is 7.05. The quantitative estimate of drug-likeness (QED) is 0.127. The first kappa shape index (κ1) is 31.1. The van der Waals surface area contributed by atoms with Crippen LogP contribution in [0.3, 0.4) is 0 Å². The molecule has 14 heteroatoms. The number of carboxylic acids is 1. The predicted octanol–water partition coefficient (Wildman–Crippen LogP) is 4.41. The zero-order valence-electron chi connectivity index (χ0n) is 22.4. The highest BCUT2D eigenvalue weighted by molar-refractivity contribution is 9.09. The number of carboxylic acid groups (broad SMARTS) is 1. The highest BCUT2D eigenvalue weighted by atomic mass is 79.9. The topological polar surface area (TPSA) is 142 Å². The Hall–Kier alpha value is -2.34. The highest BCUT2D eigenvalue weighted by Gasteiger charge is 2.76. The molecule has 42 heavy (non-hydrogen) atoms. The molecule has 0 spiro atoms. The second kappa shape index (κ2) is 11.3. The van der Waals surface area contributed by atoms with E-state index in [0.717, 1.165) is 4.90 Å². The maximum absolute atomic E-state index is 13.8. The van der Waals surface area contributed by atoms with Gasteiger partial charge in [0, 0.05) is 18.9 Å². The van der Waals surface area contributed by atoms with Gasteiger partial charge in [0.15, 0.2) is 21.2 Å². The van der Waals surface area contributed by atoms with Crippen LogP contribution in [-0.4, -0.2) is 78.5 Å². The van der Waals surface area contributed by atoms with Crippen LogP contribution < -0.4 is 4.74 Å². The molecule has 10 nitrogen and oxygen atoms in total. The molecule has 1 aromatic rings. The van der Waals surface area contributed by atoms with Gasteiger partial charge in [-0.15, -0.1) is 23.2 Å². The molecule has 4 amide bonds. The van der Waals surface area contributed by atoms with E-state index in [0.29, 0.717) is 30.4 Å². The molecule has 2 saturated heterocycles. The number of nitrogens with zero attached hydrogens (tertiary/aromatic N) is 2. The molecule has 4 aliphatic rings. The average Bonchev–Trinajstić information content (AvgIpc) is 3.27. The van der Waals surface area contributed by atoms with Crippen LogP contribution in [-0.2, 0) is 24.0 Å². The van der Waals surface area contributed by atoms with Gasteiger partial charge in [-0.25, -0.2) is 0 Å². The molecule has 2 N–H and O–H groups in total. The van der Waals surface area contributed by atoms with E-state index in [9.17, 15) is 29.1 Å². The van der Waals surface area contributed by atoms with Crippen molar-refractivity contribution in [3.63, 3.8) is 0 Å². The van der Waals surface area contributed by atoms with Gasteiger partial charge in [-0.05, 0) is 49.3 Å². The molecular weight excluding hydrogens is 679 g/mol. The van der Waals surface area contributed by atoms with E-state index in [1.807, 2.05) is 0 Å². The van der Waals surface area contributed by atoms with Crippen molar-refractivity contribution >= 4 is 80.3 Å². The van der Waals surface area contributed by atoms with E-state index < -0.39 is 57.1 Å². The number of hydrogen-bond donors (Lipinski definition) is 2. The van der Waals surface area contributed by atoms with Crippen LogP contribution in [0.4, 0.5) is 0 Å². The maximum atomic E-state index is 13.8. The normalized spacial score (nSPS) is 32.1. The Bertz CT molecular complexity index is 1420. The summed E-state index contributed by atoms with van der Waals surface area (Å²) in [6.45, 7) is 0.154. The molecule has 3 fully saturated rings. The predicted molar refractivity (Wildman–Crippen MR) is 156 cm³/mol. The zero-order chi connectivity index (χ0) is 30.7. The Morgan fingerprint density at radius 1 is 1.07 bits per heavy atom. The van der Waals surface area contributed by atoms with Gasteiger partial charge in [-0.2, -0.15) is 0 Å². The van der Waals surface area contributed by atoms with Crippen molar-refractivity contribution < 1.29 is 38.9 Å². The lowest BCUT2D eigenvalue weighted by molar-refractivity contribution is -0.141. The van der Waals surface area contributed by atoms with Crippen LogP contribution in [0.1, 0.15) is 50.0 Å². The Kier molecular flexibility index (Phi) is 8.37. The third-order valence-corrected chi connectivity index (χ3v) is 11.2. The Labute approximate surface area is 265 Å². The summed E-state index contributed by atoms with van der Waals surface area (Å²) in [5.74, 6) is -6.60. The first-order chi connectivity index (χ1) is 19.8. The van der Waals surface area contributed by atoms with Gasteiger partial charge in [0.25, 0.3) is 11.8 Å². The standard InChI is InChI=1S/C28H28BrCl3N2O8/c1-42-18-10-13(9-17(30)22(18)37)21-14-6-7-15-20(24(39)33(23(15)38)8-4-2-3-5-19(35)36)16(14)11-27(31)25(40)34(12-29)26(41)28(21,27)32/h6,9-10,15-16,20-21,37H,2-5,7-8,11-12H2,1H3,(H,35,36)/t15-,16+,20-,21-,27+,28-/m0/s1. The van der Waals surface area contributed by atoms with E-state index in [1.54, 1.807) is 6.08 Å². The third kappa shape index (κ3) is 4.45. The Balaban J connectivity index is 1.57. The summed E-state index contributed by atoms with van der Waals surface area (Å²) in [5, 5.41) is 19.2. The second-order valence-electron chi connectivity index (χ2n) is 11.1. The summed E-state index contributed by atoms with van der Waals surface area (Å²) in [6.07, 6.45) is 3.30. The maximum Gasteiger partial charge on any atom is 0.303 e. The molecule has 226 valence electrons. The van der Waals surface area contributed by atoms with Gasteiger partial charge in [-0.1, -0.05) is 45.6 Å². The molecular formula is C28H28BrCl3N2O8. The fraction of sp³-hybridized carbons (Fsp3) is 0.536. The number of halogens is 4. The number of phenolic OH excluding ortho intramolecular Hbond substituents is 1. The summed E-state index contributed by atoms with van der Waals surface area (Å²) in [6, 6.07) is 2.91. The van der Waals surface area contributed by atoms with Crippen molar-refractivity contribution in [2.75, 3.05) is 19.1 Å². The fourth-order valence-corrected chi connectivity index (χ4v) is 8.70. The highest BCUT2D eigenvalue weighted by Crippen LogP contribution is 2.66. The molecule has 6 atom stereocenters. The second-order valence-corrected chi connectivity index (χ2v) is 13.2. The van der Waals surface area contributed by atoms with Crippen molar-refractivity contribution in [3.8, 4) is 11.5 Å². The molecule has 1 aromatic carbocycles. The largest absolute Gasteiger partial charge is 0.503 e. The van der Waals surface area contributed by atoms with Gasteiger partial charge in [0.2, 0.25) is 11.8 Å². The van der Waals surface area contributed by atoms with E-state index in [2.05, 4.69) is 15.9 Å². The van der Waals surface area contributed by atoms with E-state index in [1.165, 1.54) is 24.1 Å². The summed E-state index contributed by atoms with van der Waals surface area (Å²) >= 11 is 23.9. The van der Waals surface area contributed by atoms with Crippen LogP contribution in [0.2, 0.25) is 5.02 Å². The number of likely N-dealkylation sites (tertiary alicyclic amines) is 2. The van der Waals surface area contributed by atoms with Gasteiger partial charge in [-0.3, -0.25) is 33.8 Å². The van der Waals surface area contributed by atoms with Crippen LogP contribution in [0.5, 0.6) is 11.5 Å². The van der Waals surface area contributed by atoms with Crippen LogP contribution in [0.15, 0.2) is 23.8 Å². The number of carbonyl (C=O) groups is 5. The minimum absolute atomic E-state index is 0.00605. The summed E-state index contributed by atoms with van der Waals surface area (Å²) in [7, 11) is 1.33. The van der Waals surface area contributed by atoms with Crippen molar-refractivity contribution in [2.24, 2.45) is 17.8 Å². The molecule has 2 heterocycles. The van der Waals surface area contributed by atoms with E-state index in [-0.39, 0.29) is 53.7 Å². The number of amides is 4. The lowest BCUT2D eigenvalue weighted by atomic mass is 9.56. The molecule has 0 unspecified atom stereocenters. The van der Waals surface area contributed by atoms with Crippen molar-refractivity contribution in [3.05, 3.63) is 34.4 Å². The van der Waals surface area contributed by atoms with Gasteiger partial charge >= 0.3 is 5.97 Å². The number of alkyl halides is 3. The number of ether oxygens (including phenoxy) is 1. The van der Waals surface area contributed by atoms with Crippen LogP contribution >= 0.6 is 50.7 Å². The molecule has 2 aliphatic heterocycles. The van der Waals surface area contributed by atoms with Gasteiger partial charge in [0.1, 0.15) is 0 Å². The van der Waals surface area contributed by atoms with Crippen molar-refractivity contribution in [1.82, 2.24) is 9.80 Å². The summed E-state index contributed by atoms with van der Waals surface area (Å²) in [4.78, 5) is 63.8. The molecule has 0 aromatic heterocycles. The smallest absolute Gasteiger partial charge is 0.303 e. The minimum Gasteiger partial charge on any atom is -0.503 e. The van der Waals surface area contributed by atoms with Gasteiger partial charge in [0.05, 0.1) is 29.4 Å². The average molecular weight is 707 g/mol. The number of unbranched alkanes of at least 4 members (excludes halogenated alkanes) is 2. The Morgan fingerprint density at radius 3 is 2.43 bits per heavy atom.